The highest BCUT2D eigenvalue weighted by Crippen LogP contribution is 2.30. The average molecular weight is 446 g/mol. The maximum atomic E-state index is 14.0. The topological polar surface area (TPSA) is 78.0 Å². The molecule has 0 aromatic heterocycles. The van der Waals surface area contributed by atoms with Gasteiger partial charge in [-0.15, -0.1) is 0 Å². The molecule has 0 atom stereocenters. The van der Waals surface area contributed by atoms with Crippen molar-refractivity contribution in [1.29, 1.82) is 0 Å². The fourth-order valence-electron chi connectivity index (χ4n) is 4.04. The van der Waals surface area contributed by atoms with Crippen LogP contribution < -0.4 is 9.80 Å². The molecule has 2 aromatic carbocycles. The first kappa shape index (κ1) is 21.3. The maximum absolute atomic E-state index is 14.0. The molecule has 1 fully saturated rings. The summed E-state index contributed by atoms with van der Waals surface area (Å²) in [7, 11) is -1.99. The Hall–Kier alpha value is -2.94. The third-order valence-corrected chi connectivity index (χ3v) is 7.61. The largest absolute Gasteiger partial charge is 0.366 e. The summed E-state index contributed by atoms with van der Waals surface area (Å²) >= 11 is 0. The fraction of sp³-hybridized carbons (Fsp3) is 0.364. The van der Waals surface area contributed by atoms with E-state index >= 15 is 0 Å². The van der Waals surface area contributed by atoms with Gasteiger partial charge in [-0.3, -0.25) is 9.59 Å². The molecule has 0 aliphatic carbocycles. The number of hydrogen-bond donors (Lipinski definition) is 0. The number of nitrogens with zero attached hydrogens (tertiary/aromatic N) is 3. The van der Waals surface area contributed by atoms with E-state index in [4.69, 9.17) is 0 Å². The van der Waals surface area contributed by atoms with Crippen molar-refractivity contribution in [3.8, 4) is 0 Å². The van der Waals surface area contributed by atoms with Gasteiger partial charge in [0.05, 0.1) is 22.8 Å². The highest BCUT2D eigenvalue weighted by Gasteiger charge is 2.28. The third kappa shape index (κ3) is 4.27. The van der Waals surface area contributed by atoms with Gasteiger partial charge in [0.25, 0.3) is 0 Å². The Balaban J connectivity index is 1.34. The minimum absolute atomic E-state index is 0.0748. The van der Waals surface area contributed by atoms with Crippen LogP contribution in [-0.4, -0.2) is 64.1 Å². The zero-order valence-electron chi connectivity index (χ0n) is 17.3. The van der Waals surface area contributed by atoms with Crippen molar-refractivity contribution in [3.05, 3.63) is 53.8 Å². The Morgan fingerprint density at radius 2 is 1.74 bits per heavy atom. The monoisotopic (exact) mass is 445 g/mol. The molecule has 1 saturated heterocycles. The lowest BCUT2D eigenvalue weighted by molar-refractivity contribution is -0.131. The number of benzene rings is 2. The lowest BCUT2D eigenvalue weighted by Gasteiger charge is -2.36. The van der Waals surface area contributed by atoms with Crippen LogP contribution in [0, 0.1) is 5.82 Å². The summed E-state index contributed by atoms with van der Waals surface area (Å²) in [6, 6.07) is 11.2. The van der Waals surface area contributed by atoms with Gasteiger partial charge in [-0.2, -0.15) is 0 Å². The Morgan fingerprint density at radius 3 is 2.45 bits per heavy atom. The van der Waals surface area contributed by atoms with Crippen LogP contribution >= 0.6 is 0 Å². The number of hydrogen-bond acceptors (Lipinski definition) is 5. The van der Waals surface area contributed by atoms with E-state index in [1.807, 2.05) is 4.90 Å². The van der Waals surface area contributed by atoms with E-state index in [1.165, 1.54) is 23.1 Å². The number of halogens is 1. The van der Waals surface area contributed by atoms with Crippen LogP contribution in [0.3, 0.4) is 0 Å². The summed E-state index contributed by atoms with van der Waals surface area (Å²) in [6.07, 6.45) is 0.0678. The second-order valence-corrected chi connectivity index (χ2v) is 9.92. The van der Waals surface area contributed by atoms with Crippen LogP contribution in [0.5, 0.6) is 0 Å². The predicted molar refractivity (Wildman–Crippen MR) is 115 cm³/mol. The molecule has 4 rings (SSSR count). The van der Waals surface area contributed by atoms with Crippen molar-refractivity contribution < 1.29 is 22.4 Å². The quantitative estimate of drug-likeness (QED) is 0.702. The van der Waals surface area contributed by atoms with Crippen LogP contribution in [0.25, 0.3) is 0 Å². The summed E-state index contributed by atoms with van der Waals surface area (Å²) in [4.78, 5) is 29.6. The highest BCUT2D eigenvalue weighted by molar-refractivity contribution is 7.91. The van der Waals surface area contributed by atoms with Gasteiger partial charge in [0, 0.05) is 45.3 Å². The van der Waals surface area contributed by atoms with Gasteiger partial charge >= 0.3 is 0 Å². The van der Waals surface area contributed by atoms with Crippen molar-refractivity contribution >= 4 is 33.0 Å². The van der Waals surface area contributed by atoms with Gasteiger partial charge in [0.1, 0.15) is 5.82 Å². The van der Waals surface area contributed by atoms with E-state index in [0.29, 0.717) is 43.1 Å². The molecule has 0 spiro atoms. The molecule has 2 amide bonds. The maximum Gasteiger partial charge on any atom is 0.231 e. The number of sulfone groups is 1. The third-order valence-electron chi connectivity index (χ3n) is 5.90. The summed E-state index contributed by atoms with van der Waals surface area (Å²) in [5.74, 6) is -0.889. The minimum Gasteiger partial charge on any atom is -0.366 e. The number of piperazine rings is 1. The van der Waals surface area contributed by atoms with Gasteiger partial charge in [-0.1, -0.05) is 12.1 Å². The lowest BCUT2D eigenvalue weighted by Crippen LogP contribution is -2.49. The number of rotatable bonds is 5. The van der Waals surface area contributed by atoms with E-state index in [2.05, 4.69) is 0 Å². The summed E-state index contributed by atoms with van der Waals surface area (Å²) in [5.41, 5.74) is 1.91. The first-order valence-corrected chi connectivity index (χ1v) is 11.8. The van der Waals surface area contributed by atoms with E-state index in [9.17, 15) is 22.4 Å². The van der Waals surface area contributed by atoms with Crippen molar-refractivity contribution in [2.45, 2.75) is 17.7 Å². The summed E-state index contributed by atoms with van der Waals surface area (Å²) < 4.78 is 39.4. The standard InChI is InChI=1S/C22H24FN3O4S/c1-24-19-7-6-17(14-16(19)15-22(24)28)31(29,30)13-8-21(27)26-11-9-25(10-12-26)20-5-3-2-4-18(20)23/h2-7,14H,8-13,15H2,1H3. The number of carbonyl (C=O) groups excluding carboxylic acids is 2. The Morgan fingerprint density at radius 1 is 1.03 bits per heavy atom. The predicted octanol–water partition coefficient (Wildman–Crippen LogP) is 1.86. The Bertz CT molecular complexity index is 1130. The molecule has 2 aromatic rings. The molecular weight excluding hydrogens is 421 g/mol. The molecule has 164 valence electrons. The molecule has 0 bridgehead atoms. The van der Waals surface area contributed by atoms with Crippen molar-refractivity contribution in [3.63, 3.8) is 0 Å². The number of fused-ring (bicyclic) bond motifs is 1. The van der Waals surface area contributed by atoms with Gasteiger partial charge in [0.2, 0.25) is 11.8 Å². The molecule has 31 heavy (non-hydrogen) atoms. The number of amides is 2. The summed E-state index contributed by atoms with van der Waals surface area (Å²) in [5, 5.41) is 0. The minimum atomic E-state index is -3.65. The first-order valence-electron chi connectivity index (χ1n) is 10.2. The molecule has 0 N–H and O–H groups in total. The molecule has 2 heterocycles. The molecule has 0 saturated carbocycles. The van der Waals surface area contributed by atoms with Gasteiger partial charge in [-0.25, -0.2) is 12.8 Å². The number of para-hydroxylation sites is 1. The highest BCUT2D eigenvalue weighted by atomic mass is 32.2. The van der Waals surface area contributed by atoms with Crippen LogP contribution in [0.4, 0.5) is 15.8 Å². The second-order valence-electron chi connectivity index (χ2n) is 7.81. The summed E-state index contributed by atoms with van der Waals surface area (Å²) in [6.45, 7) is 1.82. The number of anilines is 2. The molecule has 9 heteroatoms. The van der Waals surface area contributed by atoms with Gasteiger partial charge in [-0.05, 0) is 35.9 Å². The molecule has 2 aliphatic heterocycles. The molecule has 2 aliphatic rings. The van der Waals surface area contributed by atoms with Gasteiger partial charge < -0.3 is 14.7 Å². The molecular formula is C22H24FN3O4S. The van der Waals surface area contributed by atoms with Crippen molar-refractivity contribution in [2.75, 3.05) is 48.8 Å². The average Bonchev–Trinajstić information content (AvgIpc) is 3.05. The van der Waals surface area contributed by atoms with Crippen LogP contribution in [0.2, 0.25) is 0 Å². The van der Waals surface area contributed by atoms with E-state index < -0.39 is 9.84 Å². The van der Waals surface area contributed by atoms with Crippen LogP contribution in [-0.2, 0) is 25.8 Å². The zero-order valence-corrected chi connectivity index (χ0v) is 18.1. The van der Waals surface area contributed by atoms with E-state index in [1.54, 1.807) is 36.2 Å². The molecule has 7 nitrogen and oxygen atoms in total. The first-order chi connectivity index (χ1) is 14.8. The normalized spacial score (nSPS) is 16.6. The van der Waals surface area contributed by atoms with Crippen molar-refractivity contribution in [2.24, 2.45) is 0 Å². The van der Waals surface area contributed by atoms with Crippen LogP contribution in [0.1, 0.15) is 12.0 Å². The van der Waals surface area contributed by atoms with Crippen LogP contribution in [0.15, 0.2) is 47.4 Å². The second kappa shape index (κ2) is 8.30. The number of carbonyl (C=O) groups is 2. The molecule has 0 unspecified atom stereocenters. The smallest absolute Gasteiger partial charge is 0.231 e. The van der Waals surface area contributed by atoms with Crippen molar-refractivity contribution in [1.82, 2.24) is 4.90 Å². The Kier molecular flexibility index (Phi) is 5.70. The van der Waals surface area contributed by atoms with Gasteiger partial charge in [0.15, 0.2) is 9.84 Å². The SMILES string of the molecule is CN1C(=O)Cc2cc(S(=O)(=O)CCC(=O)N3CCN(c4ccccc4F)CC3)ccc21. The Labute approximate surface area is 181 Å². The number of likely N-dealkylation sites (N-methyl/N-ethyl adjacent to an activating group) is 1. The fourth-order valence-corrected chi connectivity index (χ4v) is 5.32. The van der Waals surface area contributed by atoms with E-state index in [-0.39, 0.29) is 41.1 Å². The molecule has 0 radical (unpaired) electrons. The zero-order chi connectivity index (χ0) is 22.2. The lowest BCUT2D eigenvalue weighted by atomic mass is 10.2. The van der Waals surface area contributed by atoms with E-state index in [0.717, 1.165) is 0 Å².